The lowest BCUT2D eigenvalue weighted by molar-refractivity contribution is -0.120. The zero-order valence-corrected chi connectivity index (χ0v) is 11.3. The van der Waals surface area contributed by atoms with Gasteiger partial charge in [-0.15, -0.1) is 0 Å². The molecule has 90 valence electrons. The van der Waals surface area contributed by atoms with Crippen molar-refractivity contribution >= 4 is 27.7 Å². The molecule has 2 rings (SSSR count). The van der Waals surface area contributed by atoms with Gasteiger partial charge in [-0.3, -0.25) is 4.79 Å². The summed E-state index contributed by atoms with van der Waals surface area (Å²) in [5.41, 5.74) is 1.07. The predicted octanol–water partition coefficient (Wildman–Crippen LogP) is 3.45. The van der Waals surface area contributed by atoms with Crippen LogP contribution in [0.15, 0.2) is 28.9 Å². The van der Waals surface area contributed by atoms with Gasteiger partial charge in [0.1, 0.15) is 5.82 Å². The molecule has 1 atom stereocenters. The van der Waals surface area contributed by atoms with Gasteiger partial charge in [0.15, 0.2) is 0 Å². The molecule has 17 heavy (non-hydrogen) atoms. The van der Waals surface area contributed by atoms with Crippen molar-refractivity contribution in [1.82, 2.24) is 4.98 Å². The number of nitrogens with one attached hydrogen (secondary N) is 1. The summed E-state index contributed by atoms with van der Waals surface area (Å²) in [4.78, 5) is 16.2. The number of hydrogen-bond donors (Lipinski definition) is 1. The number of anilines is 1. The summed E-state index contributed by atoms with van der Waals surface area (Å²) in [6, 6.07) is 1.95. The number of hydrogen-bond acceptors (Lipinski definition) is 2. The molecule has 0 aliphatic heterocycles. The van der Waals surface area contributed by atoms with E-state index >= 15 is 0 Å². The molecular weight excluding hydrogens is 280 g/mol. The molecule has 1 aromatic heterocycles. The quantitative estimate of drug-likeness (QED) is 0.849. The van der Waals surface area contributed by atoms with Crippen molar-refractivity contribution in [1.29, 1.82) is 0 Å². The van der Waals surface area contributed by atoms with Crippen LogP contribution in [0.1, 0.15) is 24.8 Å². The van der Waals surface area contributed by atoms with Crippen molar-refractivity contribution in [2.45, 2.75) is 26.2 Å². The van der Waals surface area contributed by atoms with E-state index < -0.39 is 0 Å². The van der Waals surface area contributed by atoms with E-state index in [1.807, 2.05) is 13.0 Å². The number of allylic oxidation sites excluding steroid dienone is 2. The van der Waals surface area contributed by atoms with Gasteiger partial charge in [-0.25, -0.2) is 4.98 Å². The molecule has 1 amide bonds. The van der Waals surface area contributed by atoms with Crippen molar-refractivity contribution in [3.63, 3.8) is 0 Å². The van der Waals surface area contributed by atoms with Crippen LogP contribution in [-0.4, -0.2) is 10.9 Å². The lowest BCUT2D eigenvalue weighted by atomic mass is 9.94. The number of amides is 1. The highest BCUT2D eigenvalue weighted by Gasteiger charge is 2.19. The molecule has 0 fully saturated rings. The van der Waals surface area contributed by atoms with Crippen molar-refractivity contribution < 1.29 is 4.79 Å². The molecule has 0 spiro atoms. The van der Waals surface area contributed by atoms with Gasteiger partial charge in [-0.1, -0.05) is 12.2 Å². The van der Waals surface area contributed by atoms with Crippen LogP contribution in [0.2, 0.25) is 0 Å². The summed E-state index contributed by atoms with van der Waals surface area (Å²) in [6.45, 7) is 1.97. The van der Waals surface area contributed by atoms with Crippen LogP contribution < -0.4 is 5.32 Å². The van der Waals surface area contributed by atoms with E-state index in [1.165, 1.54) is 0 Å². The highest BCUT2D eigenvalue weighted by atomic mass is 79.9. The average molecular weight is 295 g/mol. The van der Waals surface area contributed by atoms with Crippen LogP contribution in [0, 0.1) is 12.8 Å². The zero-order chi connectivity index (χ0) is 12.3. The predicted molar refractivity (Wildman–Crippen MR) is 71.8 cm³/mol. The van der Waals surface area contributed by atoms with Crippen LogP contribution in [0.4, 0.5) is 5.82 Å². The third kappa shape index (κ3) is 3.16. The SMILES string of the molecule is Cc1cnc(NC(=O)[C@@H]2CC=CCC2)c(Br)c1. The van der Waals surface area contributed by atoms with Crippen molar-refractivity contribution in [3.8, 4) is 0 Å². The number of carbonyl (C=O) groups is 1. The summed E-state index contributed by atoms with van der Waals surface area (Å²) >= 11 is 3.41. The number of carbonyl (C=O) groups excluding carboxylic acids is 1. The first-order valence-electron chi connectivity index (χ1n) is 5.75. The maximum Gasteiger partial charge on any atom is 0.228 e. The first-order chi connectivity index (χ1) is 8.16. The van der Waals surface area contributed by atoms with Crippen LogP contribution in [0.3, 0.4) is 0 Å². The number of aromatic nitrogens is 1. The molecule has 4 heteroatoms. The van der Waals surface area contributed by atoms with Gasteiger partial charge in [-0.2, -0.15) is 0 Å². The van der Waals surface area contributed by atoms with Crippen LogP contribution in [-0.2, 0) is 4.79 Å². The fourth-order valence-corrected chi connectivity index (χ4v) is 2.44. The van der Waals surface area contributed by atoms with E-state index in [-0.39, 0.29) is 11.8 Å². The molecule has 0 aromatic carbocycles. The van der Waals surface area contributed by atoms with Gasteiger partial charge < -0.3 is 5.32 Å². The minimum atomic E-state index is 0.0615. The lowest BCUT2D eigenvalue weighted by Gasteiger charge is -2.17. The second kappa shape index (κ2) is 5.45. The molecule has 1 N–H and O–H groups in total. The number of nitrogens with zero attached hydrogens (tertiary/aromatic N) is 1. The second-order valence-corrected chi connectivity index (χ2v) is 5.17. The Morgan fingerprint density at radius 3 is 3.00 bits per heavy atom. The smallest absolute Gasteiger partial charge is 0.228 e. The number of rotatable bonds is 2. The normalized spacial score (nSPS) is 19.1. The van der Waals surface area contributed by atoms with E-state index in [2.05, 4.69) is 38.4 Å². The minimum absolute atomic E-state index is 0.0615. The Bertz CT molecular complexity index is 457. The zero-order valence-electron chi connectivity index (χ0n) is 9.74. The van der Waals surface area contributed by atoms with Gasteiger partial charge in [-0.05, 0) is 53.7 Å². The molecule has 1 aliphatic rings. The standard InChI is InChI=1S/C13H15BrN2O/c1-9-7-11(14)12(15-8-9)16-13(17)10-5-3-2-4-6-10/h2-3,7-8,10H,4-6H2,1H3,(H,15,16,17)/t10-/m1/s1. The van der Waals surface area contributed by atoms with Gasteiger partial charge in [0.2, 0.25) is 5.91 Å². The fourth-order valence-electron chi connectivity index (χ4n) is 1.88. The summed E-state index contributed by atoms with van der Waals surface area (Å²) in [6.07, 6.45) is 8.69. The lowest BCUT2D eigenvalue weighted by Crippen LogP contribution is -2.24. The first kappa shape index (κ1) is 12.3. The van der Waals surface area contributed by atoms with Gasteiger partial charge in [0.05, 0.1) is 4.47 Å². The molecule has 0 bridgehead atoms. The summed E-state index contributed by atoms with van der Waals surface area (Å²) in [5, 5.41) is 2.88. The van der Waals surface area contributed by atoms with Crippen molar-refractivity contribution in [2.24, 2.45) is 5.92 Å². The Kier molecular flexibility index (Phi) is 3.94. The largest absolute Gasteiger partial charge is 0.310 e. The maximum absolute atomic E-state index is 12.0. The third-order valence-corrected chi connectivity index (χ3v) is 3.46. The Labute approximate surface area is 109 Å². The molecule has 0 unspecified atom stereocenters. The third-order valence-electron chi connectivity index (χ3n) is 2.86. The molecule has 0 saturated carbocycles. The van der Waals surface area contributed by atoms with E-state index in [1.54, 1.807) is 6.20 Å². The molecule has 0 saturated heterocycles. The first-order valence-corrected chi connectivity index (χ1v) is 6.54. The summed E-state index contributed by atoms with van der Waals surface area (Å²) < 4.78 is 0.831. The topological polar surface area (TPSA) is 42.0 Å². The number of pyridine rings is 1. The van der Waals surface area contributed by atoms with E-state index in [0.717, 1.165) is 29.3 Å². The molecule has 1 heterocycles. The van der Waals surface area contributed by atoms with Crippen LogP contribution >= 0.6 is 15.9 Å². The fraction of sp³-hybridized carbons (Fsp3) is 0.385. The Balaban J connectivity index is 2.05. The van der Waals surface area contributed by atoms with Crippen LogP contribution in [0.5, 0.6) is 0 Å². The summed E-state index contributed by atoms with van der Waals surface area (Å²) in [7, 11) is 0. The number of halogens is 1. The molecule has 1 aromatic rings. The second-order valence-electron chi connectivity index (χ2n) is 4.31. The highest BCUT2D eigenvalue weighted by molar-refractivity contribution is 9.10. The van der Waals surface area contributed by atoms with E-state index in [0.29, 0.717) is 5.82 Å². The van der Waals surface area contributed by atoms with E-state index in [9.17, 15) is 4.79 Å². The highest BCUT2D eigenvalue weighted by Crippen LogP contribution is 2.24. The molecule has 0 radical (unpaired) electrons. The van der Waals surface area contributed by atoms with Gasteiger partial charge >= 0.3 is 0 Å². The summed E-state index contributed by atoms with van der Waals surface area (Å²) in [5.74, 6) is 0.747. The molecule has 1 aliphatic carbocycles. The Morgan fingerprint density at radius 1 is 1.53 bits per heavy atom. The minimum Gasteiger partial charge on any atom is -0.310 e. The van der Waals surface area contributed by atoms with Crippen LogP contribution in [0.25, 0.3) is 0 Å². The van der Waals surface area contributed by atoms with Crippen molar-refractivity contribution in [3.05, 3.63) is 34.5 Å². The maximum atomic E-state index is 12.0. The Hall–Kier alpha value is -1.16. The Morgan fingerprint density at radius 2 is 2.35 bits per heavy atom. The van der Waals surface area contributed by atoms with Gasteiger partial charge in [0.25, 0.3) is 0 Å². The monoisotopic (exact) mass is 294 g/mol. The van der Waals surface area contributed by atoms with E-state index in [4.69, 9.17) is 0 Å². The van der Waals surface area contributed by atoms with Crippen molar-refractivity contribution in [2.75, 3.05) is 5.32 Å². The average Bonchev–Trinajstić information content (AvgIpc) is 2.34. The molecular formula is C13H15BrN2O. The van der Waals surface area contributed by atoms with Gasteiger partial charge in [0, 0.05) is 12.1 Å². The molecule has 3 nitrogen and oxygen atoms in total. The number of aryl methyl sites for hydroxylation is 1.